The summed E-state index contributed by atoms with van der Waals surface area (Å²) >= 11 is 0. The van der Waals surface area contributed by atoms with E-state index in [0.717, 1.165) is 23.8 Å². The van der Waals surface area contributed by atoms with Crippen LogP contribution in [0.3, 0.4) is 0 Å². The first-order valence-corrected chi connectivity index (χ1v) is 10.1. The molecule has 6 nitrogen and oxygen atoms in total. The number of ether oxygens (including phenoxy) is 3. The Bertz CT molecular complexity index is 950. The molecule has 156 valence electrons. The minimum Gasteiger partial charge on any atom is -0.487 e. The van der Waals surface area contributed by atoms with Gasteiger partial charge in [0.05, 0.1) is 0 Å². The molecule has 0 aromatic heterocycles. The Morgan fingerprint density at radius 3 is 2.45 bits per heavy atom. The van der Waals surface area contributed by atoms with Gasteiger partial charge in [0, 0.05) is 29.2 Å². The molecule has 2 aromatic rings. The fourth-order valence-corrected chi connectivity index (χ4v) is 3.55. The quantitative estimate of drug-likeness (QED) is 0.613. The minimum absolute atomic E-state index is 0.0766. The predicted octanol–water partition coefficient (Wildman–Crippen LogP) is 3.43. The van der Waals surface area contributed by atoms with Gasteiger partial charge in [0.1, 0.15) is 11.4 Å². The third-order valence-corrected chi connectivity index (χ3v) is 5.61. The van der Waals surface area contributed by atoms with Crippen LogP contribution in [0.4, 0.5) is 0 Å². The van der Waals surface area contributed by atoms with Crippen LogP contribution in [-0.4, -0.2) is 23.6 Å². The number of quaternary nitrogens is 1. The van der Waals surface area contributed by atoms with Crippen molar-refractivity contribution < 1.29 is 29.5 Å². The maximum atomic E-state index is 12.8. The lowest BCUT2D eigenvalue weighted by molar-refractivity contribution is -0.418. The van der Waals surface area contributed by atoms with Crippen molar-refractivity contribution in [2.75, 3.05) is 0 Å². The van der Waals surface area contributed by atoms with Gasteiger partial charge in [-0.15, -0.1) is 0 Å². The van der Waals surface area contributed by atoms with Crippen molar-refractivity contribution >= 4 is 22.7 Å². The molecule has 2 atom stereocenters. The molecule has 6 heteroatoms. The molecule has 2 unspecified atom stereocenters. The molecule has 0 spiro atoms. The molecule has 1 aliphatic rings. The van der Waals surface area contributed by atoms with Crippen LogP contribution in [0.15, 0.2) is 24.3 Å². The van der Waals surface area contributed by atoms with E-state index in [0.29, 0.717) is 17.6 Å². The summed E-state index contributed by atoms with van der Waals surface area (Å²) in [6.07, 6.45) is 2.22. The highest BCUT2D eigenvalue weighted by Crippen LogP contribution is 2.50. The number of hydrogen-bond donors (Lipinski definition) is 1. The smallest absolute Gasteiger partial charge is 0.370 e. The van der Waals surface area contributed by atoms with Gasteiger partial charge in [-0.3, -0.25) is 4.79 Å². The fraction of sp³-hybridized carbons (Fsp3) is 0.478. The molecule has 1 heterocycles. The largest absolute Gasteiger partial charge is 0.487 e. The monoisotopic (exact) mass is 400 g/mol. The summed E-state index contributed by atoms with van der Waals surface area (Å²) in [6, 6.07) is 7.02. The maximum absolute atomic E-state index is 12.8. The highest BCUT2D eigenvalue weighted by atomic mass is 16.6. The first-order chi connectivity index (χ1) is 13.6. The van der Waals surface area contributed by atoms with Crippen molar-refractivity contribution in [3.63, 3.8) is 0 Å². The Kier molecular flexibility index (Phi) is 5.85. The fourth-order valence-electron chi connectivity index (χ4n) is 3.55. The van der Waals surface area contributed by atoms with E-state index in [2.05, 4.69) is 5.73 Å². The Hall–Kier alpha value is -2.60. The molecule has 0 bridgehead atoms. The van der Waals surface area contributed by atoms with Crippen molar-refractivity contribution in [3.05, 3.63) is 29.8 Å². The molecule has 0 saturated heterocycles. The lowest BCUT2D eigenvalue weighted by Gasteiger charge is -2.34. The summed E-state index contributed by atoms with van der Waals surface area (Å²) in [5.74, 6) is 0.382. The Morgan fingerprint density at radius 2 is 1.83 bits per heavy atom. The number of carbonyl (C=O) groups is 2. The number of carbonyl (C=O) groups excluding carboxylic acids is 2. The van der Waals surface area contributed by atoms with Crippen LogP contribution in [0, 0.1) is 5.92 Å². The molecule has 0 fully saturated rings. The van der Waals surface area contributed by atoms with Gasteiger partial charge < -0.3 is 19.9 Å². The van der Waals surface area contributed by atoms with E-state index in [1.165, 1.54) is 6.92 Å². The van der Waals surface area contributed by atoms with Gasteiger partial charge >= 0.3 is 11.9 Å². The van der Waals surface area contributed by atoms with Gasteiger partial charge in [-0.2, -0.15) is 0 Å². The molecule has 0 saturated carbocycles. The van der Waals surface area contributed by atoms with Crippen molar-refractivity contribution in [1.29, 1.82) is 0 Å². The first-order valence-electron chi connectivity index (χ1n) is 10.1. The van der Waals surface area contributed by atoms with Gasteiger partial charge in [0.15, 0.2) is 17.5 Å². The average Bonchev–Trinajstić information content (AvgIpc) is 2.68. The van der Waals surface area contributed by atoms with Crippen LogP contribution in [-0.2, 0) is 16.0 Å². The van der Waals surface area contributed by atoms with E-state index in [-0.39, 0.29) is 23.0 Å². The minimum atomic E-state index is -0.518. The zero-order chi connectivity index (χ0) is 21.3. The third-order valence-electron chi connectivity index (χ3n) is 5.61. The second kappa shape index (κ2) is 8.03. The zero-order valence-corrected chi connectivity index (χ0v) is 17.8. The van der Waals surface area contributed by atoms with Crippen LogP contribution in [0.5, 0.6) is 17.2 Å². The van der Waals surface area contributed by atoms with Gasteiger partial charge in [-0.25, -0.2) is 4.79 Å². The molecular weight excluding hydrogens is 370 g/mol. The summed E-state index contributed by atoms with van der Waals surface area (Å²) in [5, 5.41) is 1.50. The second-order valence-corrected chi connectivity index (χ2v) is 8.38. The molecule has 0 amide bonds. The topological polar surface area (TPSA) is 89.5 Å². The van der Waals surface area contributed by atoms with Gasteiger partial charge in [0.25, 0.3) is 0 Å². The highest BCUT2D eigenvalue weighted by Gasteiger charge is 2.35. The van der Waals surface area contributed by atoms with E-state index in [1.54, 1.807) is 0 Å². The zero-order valence-electron chi connectivity index (χ0n) is 17.8. The Morgan fingerprint density at radius 1 is 1.17 bits per heavy atom. The van der Waals surface area contributed by atoms with E-state index >= 15 is 0 Å². The molecule has 1 aliphatic heterocycles. The standard InChI is InChI=1S/C23H29NO5/c1-6-13(2)18(24)22(26)28-20-16-10-8-7-9-15(16)19-17(21(20)27-14(3)25)11-12-23(4,5)29-19/h7-10,13,18H,6,11-12,24H2,1-5H3/p+1. The van der Waals surface area contributed by atoms with Gasteiger partial charge in [-0.05, 0) is 33.1 Å². The Labute approximate surface area is 171 Å². The van der Waals surface area contributed by atoms with Crippen molar-refractivity contribution in [2.24, 2.45) is 5.92 Å². The molecule has 3 N–H and O–H groups in total. The van der Waals surface area contributed by atoms with E-state index in [4.69, 9.17) is 14.2 Å². The molecule has 3 rings (SSSR count). The van der Waals surface area contributed by atoms with Crippen molar-refractivity contribution in [1.82, 2.24) is 0 Å². The summed E-state index contributed by atoms with van der Waals surface area (Å²) in [5.41, 5.74) is 4.39. The van der Waals surface area contributed by atoms with E-state index in [1.807, 2.05) is 52.0 Å². The van der Waals surface area contributed by atoms with Gasteiger partial charge in [0.2, 0.25) is 0 Å². The molecule has 29 heavy (non-hydrogen) atoms. The van der Waals surface area contributed by atoms with E-state index in [9.17, 15) is 9.59 Å². The molecular formula is C23H30NO5+. The summed E-state index contributed by atoms with van der Waals surface area (Å²) in [6.45, 7) is 9.37. The van der Waals surface area contributed by atoms with Gasteiger partial charge in [-0.1, -0.05) is 38.1 Å². The number of hydrogen-bond acceptors (Lipinski definition) is 5. The van der Waals surface area contributed by atoms with Crippen LogP contribution in [0.25, 0.3) is 10.8 Å². The van der Waals surface area contributed by atoms with Crippen molar-refractivity contribution in [2.45, 2.75) is 65.5 Å². The second-order valence-electron chi connectivity index (χ2n) is 8.38. The SMILES string of the molecule is CCC(C)C([NH3+])C(=O)Oc1c(OC(C)=O)c2c(c3ccccc13)OC(C)(C)CC2. The summed E-state index contributed by atoms with van der Waals surface area (Å²) in [4.78, 5) is 24.7. The summed E-state index contributed by atoms with van der Waals surface area (Å²) < 4.78 is 17.7. The average molecular weight is 400 g/mol. The normalized spacial score (nSPS) is 17.0. The van der Waals surface area contributed by atoms with Crippen LogP contribution in [0.1, 0.15) is 53.0 Å². The number of benzene rings is 2. The predicted molar refractivity (Wildman–Crippen MR) is 110 cm³/mol. The molecule has 0 aliphatic carbocycles. The van der Waals surface area contributed by atoms with Crippen LogP contribution < -0.4 is 19.9 Å². The van der Waals surface area contributed by atoms with Crippen molar-refractivity contribution in [3.8, 4) is 17.2 Å². The number of esters is 2. The highest BCUT2D eigenvalue weighted by molar-refractivity contribution is 6.00. The van der Waals surface area contributed by atoms with Crippen LogP contribution in [0.2, 0.25) is 0 Å². The lowest BCUT2D eigenvalue weighted by Crippen LogP contribution is -2.68. The Balaban J connectivity index is 2.20. The van der Waals surface area contributed by atoms with E-state index < -0.39 is 18.0 Å². The number of rotatable bonds is 5. The number of fused-ring (bicyclic) bond motifs is 3. The van der Waals surface area contributed by atoms with Crippen LogP contribution >= 0.6 is 0 Å². The summed E-state index contributed by atoms with van der Waals surface area (Å²) in [7, 11) is 0. The first kappa shape index (κ1) is 21.1. The molecule has 2 aromatic carbocycles. The lowest BCUT2D eigenvalue weighted by atomic mass is 9.91. The maximum Gasteiger partial charge on any atom is 0.370 e. The third kappa shape index (κ3) is 4.22. The molecule has 0 radical (unpaired) electrons.